The topological polar surface area (TPSA) is 22.8 Å². The number of rotatable bonds is 4. The van der Waals surface area contributed by atoms with Gasteiger partial charge in [0.05, 0.1) is 28.3 Å². The summed E-state index contributed by atoms with van der Waals surface area (Å²) in [6.45, 7) is 0. The highest BCUT2D eigenvalue weighted by Crippen LogP contribution is 2.43. The van der Waals surface area contributed by atoms with E-state index in [0.717, 1.165) is 22.5 Å². The normalized spacial score (nSPS) is 11.6. The van der Waals surface area contributed by atoms with Crippen molar-refractivity contribution >= 4 is 43.6 Å². The average Bonchev–Trinajstić information content (AvgIpc) is 3.62. The van der Waals surface area contributed by atoms with E-state index < -0.39 is 0 Å². The molecule has 3 heterocycles. The number of hydrogen-bond donors (Lipinski definition) is 0. The van der Waals surface area contributed by atoms with Gasteiger partial charge in [-0.15, -0.1) is 0 Å². The molecule has 0 N–H and O–H groups in total. The van der Waals surface area contributed by atoms with E-state index in [1.54, 1.807) is 0 Å². The number of aromatic nitrogens is 3. The van der Waals surface area contributed by atoms with Crippen molar-refractivity contribution in [2.45, 2.75) is 0 Å². The third kappa shape index (κ3) is 3.66. The van der Waals surface area contributed by atoms with Gasteiger partial charge in [0.15, 0.2) is 0 Å². The van der Waals surface area contributed by atoms with Gasteiger partial charge in [-0.3, -0.25) is 4.98 Å². The first-order chi connectivity index (χ1) is 21.9. The van der Waals surface area contributed by atoms with Crippen LogP contribution in [-0.4, -0.2) is 14.1 Å². The van der Waals surface area contributed by atoms with Gasteiger partial charge in [0.1, 0.15) is 0 Å². The van der Waals surface area contributed by atoms with Gasteiger partial charge in [-0.25, -0.2) is 0 Å². The molecular weight excluding hydrogens is 534 g/mol. The largest absolute Gasteiger partial charge is 0.309 e. The molecule has 0 bridgehead atoms. The van der Waals surface area contributed by atoms with Crippen molar-refractivity contribution in [3.05, 3.63) is 164 Å². The van der Waals surface area contributed by atoms with Crippen molar-refractivity contribution in [1.82, 2.24) is 14.1 Å². The summed E-state index contributed by atoms with van der Waals surface area (Å²) < 4.78 is 4.75. The molecule has 0 saturated heterocycles. The van der Waals surface area contributed by atoms with E-state index >= 15 is 0 Å². The van der Waals surface area contributed by atoms with E-state index in [0.29, 0.717) is 0 Å². The highest BCUT2D eigenvalue weighted by atomic mass is 15.0. The second kappa shape index (κ2) is 9.82. The van der Waals surface area contributed by atoms with Gasteiger partial charge in [-0.1, -0.05) is 115 Å². The molecule has 0 radical (unpaired) electrons. The summed E-state index contributed by atoms with van der Waals surface area (Å²) in [4.78, 5) is 4.85. The molecule has 0 unspecified atom stereocenters. The van der Waals surface area contributed by atoms with Crippen LogP contribution in [0.15, 0.2) is 164 Å². The van der Waals surface area contributed by atoms with Crippen LogP contribution in [0.5, 0.6) is 0 Å². The van der Waals surface area contributed by atoms with E-state index in [2.05, 4.69) is 161 Å². The fourth-order valence-electron chi connectivity index (χ4n) is 6.91. The van der Waals surface area contributed by atoms with Crippen LogP contribution in [0.3, 0.4) is 0 Å². The summed E-state index contributed by atoms with van der Waals surface area (Å²) in [5.41, 5.74) is 11.6. The fraction of sp³-hybridized carbons (Fsp3) is 0. The first-order valence-corrected chi connectivity index (χ1v) is 15.0. The molecule has 3 aromatic heterocycles. The van der Waals surface area contributed by atoms with Gasteiger partial charge in [-0.2, -0.15) is 0 Å². The molecule has 6 aromatic carbocycles. The first-order valence-electron chi connectivity index (χ1n) is 15.0. The number of pyridine rings is 1. The first kappa shape index (κ1) is 24.6. The molecule has 0 atom stereocenters. The minimum Gasteiger partial charge on any atom is -0.309 e. The average molecular weight is 562 g/mol. The van der Waals surface area contributed by atoms with Crippen LogP contribution in [-0.2, 0) is 0 Å². The number of hydrogen-bond acceptors (Lipinski definition) is 1. The van der Waals surface area contributed by atoms with Gasteiger partial charge >= 0.3 is 0 Å². The third-order valence-electron chi connectivity index (χ3n) is 8.81. The van der Waals surface area contributed by atoms with Gasteiger partial charge in [-0.05, 0) is 47.5 Å². The zero-order valence-corrected chi connectivity index (χ0v) is 23.9. The van der Waals surface area contributed by atoms with E-state index in [4.69, 9.17) is 4.98 Å². The molecule has 0 amide bonds. The second-order valence-electron chi connectivity index (χ2n) is 11.2. The molecule has 3 nitrogen and oxygen atoms in total. The molecule has 0 spiro atoms. The summed E-state index contributed by atoms with van der Waals surface area (Å²) >= 11 is 0. The Morgan fingerprint density at radius 2 is 0.955 bits per heavy atom. The highest BCUT2D eigenvalue weighted by molar-refractivity contribution is 6.20. The van der Waals surface area contributed by atoms with Crippen molar-refractivity contribution < 1.29 is 0 Å². The Kier molecular flexibility index (Phi) is 5.50. The van der Waals surface area contributed by atoms with Crippen molar-refractivity contribution in [1.29, 1.82) is 0 Å². The van der Waals surface area contributed by atoms with Gasteiger partial charge in [0.25, 0.3) is 0 Å². The lowest BCUT2D eigenvalue weighted by atomic mass is 9.99. The predicted octanol–water partition coefficient (Wildman–Crippen LogP) is 10.6. The third-order valence-corrected chi connectivity index (χ3v) is 8.81. The number of nitrogens with zero attached hydrogens (tertiary/aromatic N) is 3. The summed E-state index contributed by atoms with van der Waals surface area (Å²) in [6, 6.07) is 54.2. The molecule has 9 aromatic rings. The van der Waals surface area contributed by atoms with Crippen LogP contribution in [0.1, 0.15) is 0 Å². The molecule has 206 valence electrons. The second-order valence-corrected chi connectivity index (χ2v) is 11.2. The van der Waals surface area contributed by atoms with Gasteiger partial charge in [0.2, 0.25) is 0 Å². The number of para-hydroxylation sites is 4. The molecule has 0 aliphatic carbocycles. The van der Waals surface area contributed by atoms with Crippen LogP contribution in [0.2, 0.25) is 0 Å². The molecule has 0 aliphatic heterocycles. The van der Waals surface area contributed by atoms with E-state index in [1.165, 1.54) is 54.8 Å². The summed E-state index contributed by atoms with van der Waals surface area (Å²) in [7, 11) is 0. The Hall–Kier alpha value is -5.93. The predicted molar refractivity (Wildman–Crippen MR) is 184 cm³/mol. The summed E-state index contributed by atoms with van der Waals surface area (Å²) in [5, 5.41) is 4.90. The lowest BCUT2D eigenvalue weighted by molar-refractivity contribution is 1.16. The molecule has 44 heavy (non-hydrogen) atoms. The van der Waals surface area contributed by atoms with Crippen molar-refractivity contribution in [3.63, 3.8) is 0 Å². The van der Waals surface area contributed by atoms with Gasteiger partial charge < -0.3 is 9.13 Å². The van der Waals surface area contributed by atoms with Crippen LogP contribution in [0, 0.1) is 0 Å². The Labute approximate surface area is 254 Å². The molecule has 0 saturated carbocycles. The van der Waals surface area contributed by atoms with Crippen LogP contribution in [0.25, 0.3) is 77.2 Å². The molecule has 0 aliphatic rings. The van der Waals surface area contributed by atoms with Crippen LogP contribution >= 0.6 is 0 Å². The standard InChI is InChI=1S/C41H27N3/c1-3-12-28(13-4-1)29-22-24-31(25-23-29)44-37-20-9-7-16-32(37)33-18-11-19-34(41(33)44)36-26-42-27-39-40(36)35-17-8-10-21-38(35)43(39)30-14-5-2-6-15-30/h1-27H. The van der Waals surface area contributed by atoms with Crippen molar-refractivity contribution in [2.24, 2.45) is 0 Å². The Bertz CT molecular complexity index is 2470. The quantitative estimate of drug-likeness (QED) is 0.210. The zero-order valence-electron chi connectivity index (χ0n) is 23.9. The molecule has 3 heteroatoms. The van der Waals surface area contributed by atoms with Crippen molar-refractivity contribution in [2.75, 3.05) is 0 Å². The SMILES string of the molecule is c1ccc(-c2ccc(-n3c4ccccc4c4cccc(-c5cncc6c5c5ccccc5n6-c5ccccc5)c43)cc2)cc1. The maximum absolute atomic E-state index is 4.85. The zero-order chi connectivity index (χ0) is 29.0. The Morgan fingerprint density at radius 3 is 1.73 bits per heavy atom. The minimum atomic E-state index is 1.10. The van der Waals surface area contributed by atoms with Crippen LogP contribution in [0.4, 0.5) is 0 Å². The summed E-state index contributed by atoms with van der Waals surface area (Å²) in [5.74, 6) is 0. The summed E-state index contributed by atoms with van der Waals surface area (Å²) in [6.07, 6.45) is 4.04. The lowest BCUT2D eigenvalue weighted by Gasteiger charge is -2.13. The molecular formula is C41H27N3. The monoisotopic (exact) mass is 561 g/mol. The van der Waals surface area contributed by atoms with E-state index in [9.17, 15) is 0 Å². The van der Waals surface area contributed by atoms with Crippen molar-refractivity contribution in [3.8, 4) is 33.6 Å². The maximum Gasteiger partial charge on any atom is 0.0730 e. The number of benzene rings is 6. The number of fused-ring (bicyclic) bond motifs is 6. The highest BCUT2D eigenvalue weighted by Gasteiger charge is 2.21. The van der Waals surface area contributed by atoms with Gasteiger partial charge in [0, 0.05) is 50.2 Å². The fourth-order valence-corrected chi connectivity index (χ4v) is 6.91. The molecule has 9 rings (SSSR count). The smallest absolute Gasteiger partial charge is 0.0730 e. The minimum absolute atomic E-state index is 1.10. The Balaban J connectivity index is 1.36. The molecule has 0 fully saturated rings. The van der Waals surface area contributed by atoms with E-state index in [1.807, 2.05) is 12.4 Å². The van der Waals surface area contributed by atoms with Crippen LogP contribution < -0.4 is 0 Å². The Morgan fingerprint density at radius 1 is 0.364 bits per heavy atom. The lowest BCUT2D eigenvalue weighted by Crippen LogP contribution is -1.96. The van der Waals surface area contributed by atoms with E-state index in [-0.39, 0.29) is 0 Å². The maximum atomic E-state index is 4.85.